The fourth-order valence-corrected chi connectivity index (χ4v) is 5.30. The van der Waals surface area contributed by atoms with Gasteiger partial charge in [-0.25, -0.2) is 18.1 Å². The van der Waals surface area contributed by atoms with Crippen molar-refractivity contribution in [1.82, 2.24) is 9.71 Å². The third-order valence-corrected chi connectivity index (χ3v) is 6.71. The summed E-state index contributed by atoms with van der Waals surface area (Å²) in [5, 5.41) is 9.65. The average molecular weight is 318 g/mol. The molecule has 0 amide bonds. The van der Waals surface area contributed by atoms with Crippen LogP contribution in [-0.2, 0) is 14.8 Å². The van der Waals surface area contributed by atoms with Crippen molar-refractivity contribution in [2.24, 2.45) is 5.92 Å². The summed E-state index contributed by atoms with van der Waals surface area (Å²) in [5.41, 5.74) is 0.513. The first-order valence-corrected chi connectivity index (χ1v) is 8.78. The van der Waals surface area contributed by atoms with Gasteiger partial charge in [-0.15, -0.1) is 11.3 Å². The third kappa shape index (κ3) is 3.36. The van der Waals surface area contributed by atoms with Crippen LogP contribution < -0.4 is 4.72 Å². The van der Waals surface area contributed by atoms with Gasteiger partial charge < -0.3 is 5.11 Å². The predicted octanol–water partition coefficient (Wildman–Crippen LogP) is 1.68. The summed E-state index contributed by atoms with van der Waals surface area (Å²) in [4.78, 5) is 15.0. The lowest BCUT2D eigenvalue weighted by molar-refractivity contribution is -0.142. The number of nitrogens with zero attached hydrogens (tertiary/aromatic N) is 1. The first-order valence-electron chi connectivity index (χ1n) is 6.49. The van der Waals surface area contributed by atoms with E-state index >= 15 is 0 Å². The van der Waals surface area contributed by atoms with Gasteiger partial charge in [0.15, 0.2) is 4.21 Å². The van der Waals surface area contributed by atoms with Crippen molar-refractivity contribution in [3.8, 4) is 0 Å². The highest BCUT2D eigenvalue weighted by Crippen LogP contribution is 2.27. The van der Waals surface area contributed by atoms with Crippen molar-refractivity contribution in [1.29, 1.82) is 0 Å². The van der Waals surface area contributed by atoms with Crippen LogP contribution in [0.3, 0.4) is 0 Å². The Hall–Kier alpha value is -0.990. The van der Waals surface area contributed by atoms with Gasteiger partial charge in [-0.05, 0) is 39.5 Å². The Morgan fingerprint density at radius 2 is 1.90 bits per heavy atom. The van der Waals surface area contributed by atoms with E-state index in [4.69, 9.17) is 5.11 Å². The van der Waals surface area contributed by atoms with Gasteiger partial charge >= 0.3 is 5.97 Å². The van der Waals surface area contributed by atoms with Crippen LogP contribution in [0.25, 0.3) is 0 Å². The van der Waals surface area contributed by atoms with Crippen LogP contribution in [0.2, 0.25) is 0 Å². The van der Waals surface area contributed by atoms with Gasteiger partial charge in [0.05, 0.1) is 16.6 Å². The molecule has 1 aromatic rings. The normalized spacial score (nSPS) is 23.7. The van der Waals surface area contributed by atoms with Crippen LogP contribution in [0, 0.1) is 19.8 Å². The van der Waals surface area contributed by atoms with Crippen LogP contribution in [0.1, 0.15) is 36.4 Å². The third-order valence-electron chi connectivity index (χ3n) is 3.50. The van der Waals surface area contributed by atoms with Gasteiger partial charge in [-0.3, -0.25) is 4.79 Å². The summed E-state index contributed by atoms with van der Waals surface area (Å²) in [6.07, 6.45) is 2.16. The zero-order chi connectivity index (χ0) is 14.9. The lowest BCUT2D eigenvalue weighted by atomic mass is 9.87. The summed E-state index contributed by atoms with van der Waals surface area (Å²) < 4.78 is 27.5. The minimum absolute atomic E-state index is 0.183. The number of hydrogen-bond donors (Lipinski definition) is 2. The number of carboxylic acid groups (broad SMARTS) is 1. The second-order valence-electron chi connectivity index (χ2n) is 5.11. The zero-order valence-corrected chi connectivity index (χ0v) is 13.1. The monoisotopic (exact) mass is 318 g/mol. The number of rotatable bonds is 4. The highest BCUT2D eigenvalue weighted by molar-refractivity contribution is 7.91. The molecule has 0 saturated heterocycles. The van der Waals surface area contributed by atoms with E-state index in [2.05, 4.69) is 9.71 Å². The molecule has 20 heavy (non-hydrogen) atoms. The molecule has 2 rings (SSSR count). The Morgan fingerprint density at radius 1 is 1.30 bits per heavy atom. The Morgan fingerprint density at radius 3 is 2.35 bits per heavy atom. The van der Waals surface area contributed by atoms with Crippen LogP contribution in [-0.4, -0.2) is 30.5 Å². The molecule has 0 atom stereocenters. The number of aromatic nitrogens is 1. The number of thiazole rings is 1. The second kappa shape index (κ2) is 5.79. The minimum atomic E-state index is -3.55. The molecule has 0 radical (unpaired) electrons. The number of nitrogens with one attached hydrogen (secondary N) is 1. The van der Waals surface area contributed by atoms with Crippen molar-refractivity contribution < 1.29 is 18.3 Å². The van der Waals surface area contributed by atoms with E-state index in [1.165, 1.54) is 0 Å². The van der Waals surface area contributed by atoms with Crippen molar-refractivity contribution in [3.05, 3.63) is 10.7 Å². The Labute approximate surface area is 122 Å². The molecule has 0 aliphatic heterocycles. The molecule has 112 valence electrons. The highest BCUT2D eigenvalue weighted by Gasteiger charge is 2.30. The van der Waals surface area contributed by atoms with Crippen molar-refractivity contribution in [3.63, 3.8) is 0 Å². The minimum Gasteiger partial charge on any atom is -0.481 e. The molecule has 1 aromatic heterocycles. The Bertz CT molecular complexity index is 601. The summed E-state index contributed by atoms with van der Waals surface area (Å²) in [5.74, 6) is -1.14. The fourth-order valence-electron chi connectivity index (χ4n) is 2.49. The summed E-state index contributed by atoms with van der Waals surface area (Å²) in [6.45, 7) is 3.45. The van der Waals surface area contributed by atoms with Crippen molar-refractivity contribution in [2.75, 3.05) is 0 Å². The summed E-state index contributed by atoms with van der Waals surface area (Å²) in [7, 11) is -3.55. The highest BCUT2D eigenvalue weighted by atomic mass is 32.2. The number of aliphatic carboxylic acids is 1. The lowest BCUT2D eigenvalue weighted by Gasteiger charge is -2.26. The Balaban J connectivity index is 2.03. The summed E-state index contributed by atoms with van der Waals surface area (Å²) in [6, 6.07) is -0.183. The molecule has 2 N–H and O–H groups in total. The van der Waals surface area contributed by atoms with Gasteiger partial charge in [-0.1, -0.05) is 0 Å². The van der Waals surface area contributed by atoms with Crippen molar-refractivity contribution >= 4 is 27.3 Å². The van der Waals surface area contributed by atoms with E-state index in [1.54, 1.807) is 13.8 Å². The van der Waals surface area contributed by atoms with Crippen LogP contribution in [0.15, 0.2) is 4.21 Å². The van der Waals surface area contributed by atoms with Crippen LogP contribution in [0.5, 0.6) is 0 Å². The second-order valence-corrected chi connectivity index (χ2v) is 8.23. The first kappa shape index (κ1) is 15.4. The predicted molar refractivity (Wildman–Crippen MR) is 75.3 cm³/mol. The van der Waals surface area contributed by atoms with E-state index in [0.717, 1.165) is 16.3 Å². The molecule has 1 aliphatic rings. The molecule has 6 nitrogen and oxygen atoms in total. The molecule has 0 spiro atoms. The molecule has 8 heteroatoms. The topological polar surface area (TPSA) is 96.4 Å². The molecule has 0 unspecified atom stereocenters. The van der Waals surface area contributed by atoms with Crippen LogP contribution >= 0.6 is 11.3 Å². The van der Waals surface area contributed by atoms with Gasteiger partial charge in [0, 0.05) is 6.04 Å². The standard InChI is InChI=1S/C12H18N2O4S2/c1-7-12(19-8(2)13-7)20(17,18)14-10-5-3-9(4-6-10)11(15)16/h9-10,14H,3-6H2,1-2H3,(H,15,16). The van der Waals surface area contributed by atoms with Gasteiger partial charge in [0.1, 0.15) is 0 Å². The molecule has 1 saturated carbocycles. The first-order chi connectivity index (χ1) is 9.29. The largest absolute Gasteiger partial charge is 0.481 e. The number of carbonyl (C=O) groups is 1. The molecule has 0 bridgehead atoms. The van der Waals surface area contributed by atoms with Crippen LogP contribution in [0.4, 0.5) is 0 Å². The molecular weight excluding hydrogens is 300 g/mol. The average Bonchev–Trinajstić information content (AvgIpc) is 2.69. The lowest BCUT2D eigenvalue weighted by Crippen LogP contribution is -2.38. The molecule has 1 fully saturated rings. The van der Waals surface area contributed by atoms with Gasteiger partial charge in [0.25, 0.3) is 10.0 Å². The van der Waals surface area contributed by atoms with E-state index < -0.39 is 16.0 Å². The Kier molecular flexibility index (Phi) is 4.46. The zero-order valence-electron chi connectivity index (χ0n) is 11.4. The smallest absolute Gasteiger partial charge is 0.306 e. The van der Waals surface area contributed by atoms with E-state index in [1.807, 2.05) is 0 Å². The molecule has 1 aliphatic carbocycles. The van der Waals surface area contributed by atoms with E-state index in [9.17, 15) is 13.2 Å². The summed E-state index contributed by atoms with van der Waals surface area (Å²) >= 11 is 1.16. The van der Waals surface area contributed by atoms with Gasteiger partial charge in [-0.2, -0.15) is 0 Å². The van der Waals surface area contributed by atoms with E-state index in [-0.39, 0.29) is 16.2 Å². The van der Waals surface area contributed by atoms with Gasteiger partial charge in [0.2, 0.25) is 0 Å². The maximum atomic E-state index is 12.3. The maximum absolute atomic E-state index is 12.3. The number of hydrogen-bond acceptors (Lipinski definition) is 5. The number of sulfonamides is 1. The number of carboxylic acids is 1. The maximum Gasteiger partial charge on any atom is 0.306 e. The molecule has 1 heterocycles. The quantitative estimate of drug-likeness (QED) is 0.880. The van der Waals surface area contributed by atoms with Crippen molar-refractivity contribution in [2.45, 2.75) is 49.8 Å². The molecular formula is C12H18N2O4S2. The molecule has 0 aromatic carbocycles. The SMILES string of the molecule is Cc1nc(C)c(S(=O)(=O)NC2CCC(C(=O)O)CC2)s1. The number of aryl methyl sites for hydroxylation is 2. The fraction of sp³-hybridized carbons (Fsp3) is 0.667. The van der Waals surface area contributed by atoms with E-state index in [0.29, 0.717) is 31.4 Å².